The van der Waals surface area contributed by atoms with Crippen molar-refractivity contribution in [3.8, 4) is 0 Å². The highest BCUT2D eigenvalue weighted by Crippen LogP contribution is 2.28. The minimum Gasteiger partial charge on any atom is -0.378 e. The van der Waals surface area contributed by atoms with E-state index in [2.05, 4.69) is 0 Å². The van der Waals surface area contributed by atoms with Gasteiger partial charge in [0.05, 0.1) is 15.3 Å². The van der Waals surface area contributed by atoms with Crippen molar-refractivity contribution >= 4 is 28.7 Å². The molecule has 1 atom stereocenters. The predicted octanol–water partition coefficient (Wildman–Crippen LogP) is 3.85. The van der Waals surface area contributed by atoms with Gasteiger partial charge in [-0.2, -0.15) is 0 Å². The first-order valence-electron chi connectivity index (χ1n) is 5.57. The van der Waals surface area contributed by atoms with Crippen molar-refractivity contribution < 1.29 is 9.53 Å². The highest BCUT2D eigenvalue weighted by atomic mass is 35.5. The summed E-state index contributed by atoms with van der Waals surface area (Å²) < 4.78 is 6.22. The van der Waals surface area contributed by atoms with Crippen LogP contribution in [0, 0.1) is 6.92 Å². The van der Waals surface area contributed by atoms with E-state index in [4.69, 9.17) is 16.3 Å². The SMILES string of the molecule is Cc1cc(C(=O)CCC2CCCO2)sc1Cl. The maximum atomic E-state index is 11.9. The molecule has 0 aliphatic carbocycles. The lowest BCUT2D eigenvalue weighted by Gasteiger charge is -2.06. The van der Waals surface area contributed by atoms with Crippen LogP contribution in [0.1, 0.15) is 40.9 Å². The number of halogens is 1. The van der Waals surface area contributed by atoms with Crippen molar-refractivity contribution in [2.24, 2.45) is 0 Å². The van der Waals surface area contributed by atoms with Crippen molar-refractivity contribution in [1.29, 1.82) is 0 Å². The quantitative estimate of drug-likeness (QED) is 0.767. The number of Topliss-reactive ketones (excluding diaryl/α,β-unsaturated/α-hetero) is 1. The lowest BCUT2D eigenvalue weighted by molar-refractivity contribution is 0.0862. The molecular weight excluding hydrogens is 244 g/mol. The van der Waals surface area contributed by atoms with Gasteiger partial charge in [-0.05, 0) is 37.8 Å². The van der Waals surface area contributed by atoms with Crippen LogP contribution in [0.3, 0.4) is 0 Å². The molecule has 2 rings (SSSR count). The molecule has 1 aromatic rings. The van der Waals surface area contributed by atoms with Gasteiger partial charge in [-0.1, -0.05) is 11.6 Å². The molecule has 1 aromatic heterocycles. The summed E-state index contributed by atoms with van der Waals surface area (Å²) in [5.41, 5.74) is 0.993. The molecule has 1 saturated heterocycles. The predicted molar refractivity (Wildman–Crippen MR) is 66.6 cm³/mol. The molecule has 2 heterocycles. The Morgan fingerprint density at radius 1 is 1.69 bits per heavy atom. The van der Waals surface area contributed by atoms with Gasteiger partial charge >= 0.3 is 0 Å². The Kier molecular flexibility index (Phi) is 4.00. The molecule has 1 aliphatic heterocycles. The molecule has 0 N–H and O–H groups in total. The molecule has 0 aromatic carbocycles. The first kappa shape index (κ1) is 12.1. The molecule has 0 radical (unpaired) electrons. The fraction of sp³-hybridized carbons (Fsp3) is 0.583. The Balaban J connectivity index is 1.87. The number of ether oxygens (including phenoxy) is 1. The van der Waals surface area contributed by atoms with Gasteiger partial charge < -0.3 is 4.74 Å². The monoisotopic (exact) mass is 258 g/mol. The van der Waals surface area contributed by atoms with Gasteiger partial charge in [0, 0.05) is 13.0 Å². The Morgan fingerprint density at radius 2 is 2.50 bits per heavy atom. The van der Waals surface area contributed by atoms with Crippen LogP contribution in [0.4, 0.5) is 0 Å². The number of hydrogen-bond donors (Lipinski definition) is 0. The molecule has 1 fully saturated rings. The molecule has 0 spiro atoms. The van der Waals surface area contributed by atoms with Crippen LogP contribution in [0.2, 0.25) is 4.34 Å². The lowest BCUT2D eigenvalue weighted by Crippen LogP contribution is -2.08. The topological polar surface area (TPSA) is 26.3 Å². The first-order valence-corrected chi connectivity index (χ1v) is 6.77. The lowest BCUT2D eigenvalue weighted by atomic mass is 10.1. The van der Waals surface area contributed by atoms with E-state index >= 15 is 0 Å². The highest BCUT2D eigenvalue weighted by Gasteiger charge is 2.18. The van der Waals surface area contributed by atoms with E-state index < -0.39 is 0 Å². The number of aryl methyl sites for hydroxylation is 1. The Bertz CT molecular complexity index is 361. The highest BCUT2D eigenvalue weighted by molar-refractivity contribution is 7.18. The van der Waals surface area contributed by atoms with E-state index in [1.807, 2.05) is 13.0 Å². The maximum Gasteiger partial charge on any atom is 0.172 e. The van der Waals surface area contributed by atoms with Gasteiger partial charge in [0.1, 0.15) is 0 Å². The van der Waals surface area contributed by atoms with E-state index in [9.17, 15) is 4.79 Å². The zero-order chi connectivity index (χ0) is 11.5. The summed E-state index contributed by atoms with van der Waals surface area (Å²) in [5.74, 6) is 0.190. The zero-order valence-electron chi connectivity index (χ0n) is 9.29. The molecule has 2 nitrogen and oxygen atoms in total. The summed E-state index contributed by atoms with van der Waals surface area (Å²) in [5, 5.41) is 0. The van der Waals surface area contributed by atoms with Crippen molar-refractivity contribution in [2.75, 3.05) is 6.61 Å². The molecule has 1 aliphatic rings. The summed E-state index contributed by atoms with van der Waals surface area (Å²) in [7, 11) is 0. The second-order valence-corrected chi connectivity index (χ2v) is 5.82. The van der Waals surface area contributed by atoms with E-state index in [0.717, 1.165) is 40.6 Å². The Hall–Kier alpha value is -0.380. The summed E-state index contributed by atoms with van der Waals surface area (Å²) in [6.07, 6.45) is 3.93. The minimum absolute atomic E-state index is 0.190. The van der Waals surface area contributed by atoms with E-state index in [-0.39, 0.29) is 5.78 Å². The third kappa shape index (κ3) is 2.84. The maximum absolute atomic E-state index is 11.9. The average Bonchev–Trinajstić information content (AvgIpc) is 2.86. The van der Waals surface area contributed by atoms with Crippen LogP contribution in [0.15, 0.2) is 6.07 Å². The van der Waals surface area contributed by atoms with E-state index in [1.165, 1.54) is 11.3 Å². The molecule has 0 saturated carbocycles. The fourth-order valence-electron chi connectivity index (χ4n) is 1.88. The molecule has 1 unspecified atom stereocenters. The zero-order valence-corrected chi connectivity index (χ0v) is 10.9. The molecule has 16 heavy (non-hydrogen) atoms. The van der Waals surface area contributed by atoms with Gasteiger partial charge in [-0.25, -0.2) is 0 Å². The third-order valence-electron chi connectivity index (χ3n) is 2.85. The van der Waals surface area contributed by atoms with Crippen molar-refractivity contribution in [3.63, 3.8) is 0 Å². The molecule has 0 bridgehead atoms. The Morgan fingerprint density at radius 3 is 3.06 bits per heavy atom. The van der Waals surface area contributed by atoms with Gasteiger partial charge in [-0.3, -0.25) is 4.79 Å². The number of carbonyl (C=O) groups is 1. The van der Waals surface area contributed by atoms with Gasteiger partial charge in [0.25, 0.3) is 0 Å². The van der Waals surface area contributed by atoms with Crippen LogP contribution < -0.4 is 0 Å². The largest absolute Gasteiger partial charge is 0.378 e. The summed E-state index contributed by atoms with van der Waals surface area (Å²) in [6, 6.07) is 1.88. The van der Waals surface area contributed by atoms with Crippen molar-refractivity contribution in [2.45, 2.75) is 38.7 Å². The number of ketones is 1. The van der Waals surface area contributed by atoms with Crippen LogP contribution in [-0.4, -0.2) is 18.5 Å². The van der Waals surface area contributed by atoms with E-state index in [1.54, 1.807) is 0 Å². The fourth-order valence-corrected chi connectivity index (χ4v) is 3.05. The molecule has 0 amide bonds. The number of rotatable bonds is 4. The number of carbonyl (C=O) groups excluding carboxylic acids is 1. The van der Waals surface area contributed by atoms with Crippen molar-refractivity contribution in [1.82, 2.24) is 0 Å². The standard InChI is InChI=1S/C12H15ClO2S/c1-8-7-11(16-12(8)13)10(14)5-4-9-3-2-6-15-9/h7,9H,2-6H2,1H3. The third-order valence-corrected chi connectivity index (χ3v) is 4.45. The molecular formula is C12H15ClO2S. The van der Waals surface area contributed by atoms with Crippen LogP contribution in [0.25, 0.3) is 0 Å². The van der Waals surface area contributed by atoms with E-state index in [0.29, 0.717) is 12.5 Å². The summed E-state index contributed by atoms with van der Waals surface area (Å²) in [4.78, 5) is 12.6. The molecule has 88 valence electrons. The second kappa shape index (κ2) is 5.30. The Labute approximate surface area is 105 Å². The first-order chi connectivity index (χ1) is 7.66. The van der Waals surface area contributed by atoms with Gasteiger partial charge in [-0.15, -0.1) is 11.3 Å². The number of hydrogen-bond acceptors (Lipinski definition) is 3. The molecule has 4 heteroatoms. The van der Waals surface area contributed by atoms with Crippen LogP contribution >= 0.6 is 22.9 Å². The normalized spacial score (nSPS) is 20.2. The average molecular weight is 259 g/mol. The van der Waals surface area contributed by atoms with Gasteiger partial charge in [0.15, 0.2) is 5.78 Å². The van der Waals surface area contributed by atoms with Crippen LogP contribution in [-0.2, 0) is 4.74 Å². The number of thiophene rings is 1. The smallest absolute Gasteiger partial charge is 0.172 e. The summed E-state index contributed by atoms with van der Waals surface area (Å²) >= 11 is 7.32. The van der Waals surface area contributed by atoms with Crippen LogP contribution in [0.5, 0.6) is 0 Å². The minimum atomic E-state index is 0.190. The van der Waals surface area contributed by atoms with Crippen molar-refractivity contribution in [3.05, 3.63) is 20.8 Å². The summed E-state index contributed by atoms with van der Waals surface area (Å²) in [6.45, 7) is 2.78. The second-order valence-electron chi connectivity index (χ2n) is 4.16. The van der Waals surface area contributed by atoms with Gasteiger partial charge in [0.2, 0.25) is 0 Å².